The lowest BCUT2D eigenvalue weighted by Gasteiger charge is -2.12. The Labute approximate surface area is 134 Å². The molecule has 2 aromatic rings. The molecule has 0 saturated heterocycles. The number of hydrogen-bond acceptors (Lipinski definition) is 3. The van der Waals surface area contributed by atoms with Gasteiger partial charge < -0.3 is 9.47 Å². The molecule has 2 aromatic carbocycles. The van der Waals surface area contributed by atoms with E-state index in [9.17, 15) is 9.18 Å². The molecule has 21 heavy (non-hydrogen) atoms. The van der Waals surface area contributed by atoms with Crippen LogP contribution in [0.25, 0.3) is 0 Å². The van der Waals surface area contributed by atoms with E-state index in [1.807, 2.05) is 0 Å². The Balaban J connectivity index is 2.57. The number of rotatable bonds is 4. The van der Waals surface area contributed by atoms with Crippen LogP contribution in [0.15, 0.2) is 34.8 Å². The minimum atomic E-state index is -0.502. The Morgan fingerprint density at radius 3 is 2.48 bits per heavy atom. The van der Waals surface area contributed by atoms with Crippen LogP contribution in [0.5, 0.6) is 11.5 Å². The Bertz CT molecular complexity index is 704. The van der Waals surface area contributed by atoms with Gasteiger partial charge in [0.25, 0.3) is 0 Å². The normalized spacial score (nSPS) is 10.3. The van der Waals surface area contributed by atoms with Gasteiger partial charge in [-0.2, -0.15) is 0 Å². The molecule has 0 saturated carbocycles. The number of ether oxygens (including phenoxy) is 2. The van der Waals surface area contributed by atoms with Crippen molar-refractivity contribution in [3.8, 4) is 11.5 Å². The number of hydrogen-bond donors (Lipinski definition) is 0. The Hall–Kier alpha value is -1.59. The molecule has 3 nitrogen and oxygen atoms in total. The van der Waals surface area contributed by atoms with Gasteiger partial charge in [-0.25, -0.2) is 4.39 Å². The molecule has 0 heterocycles. The van der Waals surface area contributed by atoms with E-state index in [0.29, 0.717) is 21.5 Å². The molecule has 0 radical (unpaired) electrons. The average Bonchev–Trinajstić information content (AvgIpc) is 2.45. The molecule has 0 bridgehead atoms. The molecule has 6 heteroatoms. The van der Waals surface area contributed by atoms with Gasteiger partial charge in [0.05, 0.1) is 24.8 Å². The largest absolute Gasteiger partial charge is 0.497 e. The molecule has 0 atom stereocenters. The molecule has 2 rings (SSSR count). The second kappa shape index (κ2) is 6.45. The van der Waals surface area contributed by atoms with E-state index >= 15 is 0 Å². The van der Waals surface area contributed by atoms with Crippen LogP contribution in [0.4, 0.5) is 4.39 Å². The van der Waals surface area contributed by atoms with Crippen LogP contribution in [0, 0.1) is 5.82 Å². The second-order valence-electron chi connectivity index (χ2n) is 4.14. The lowest BCUT2D eigenvalue weighted by atomic mass is 10.0. The molecule has 0 fully saturated rings. The van der Waals surface area contributed by atoms with Gasteiger partial charge in [-0.15, -0.1) is 0 Å². The van der Waals surface area contributed by atoms with Crippen molar-refractivity contribution in [1.82, 2.24) is 0 Å². The first-order chi connectivity index (χ1) is 9.97. The maximum absolute atomic E-state index is 13.1. The van der Waals surface area contributed by atoms with E-state index in [2.05, 4.69) is 15.9 Å². The summed E-state index contributed by atoms with van der Waals surface area (Å²) < 4.78 is 23.9. The van der Waals surface area contributed by atoms with E-state index in [0.717, 1.165) is 6.07 Å². The Morgan fingerprint density at radius 1 is 1.19 bits per heavy atom. The standard InChI is InChI=1S/C15H11BrClFO3/c1-20-9-6-11(16)14(13(7-9)21-2)15(19)10-4-3-8(18)5-12(10)17/h3-7H,1-2H3. The molecule has 0 aliphatic rings. The molecule has 0 N–H and O–H groups in total. The van der Waals surface area contributed by atoms with Crippen molar-refractivity contribution >= 4 is 33.3 Å². The number of methoxy groups -OCH3 is 2. The molecule has 0 aliphatic carbocycles. The molecular weight excluding hydrogens is 363 g/mol. The predicted molar refractivity (Wildman–Crippen MR) is 82.1 cm³/mol. The zero-order chi connectivity index (χ0) is 15.6. The lowest BCUT2D eigenvalue weighted by molar-refractivity contribution is 0.103. The smallest absolute Gasteiger partial charge is 0.199 e. The maximum Gasteiger partial charge on any atom is 0.199 e. The molecule has 0 aliphatic heterocycles. The van der Waals surface area contributed by atoms with Crippen LogP contribution in [0.3, 0.4) is 0 Å². The minimum Gasteiger partial charge on any atom is -0.497 e. The van der Waals surface area contributed by atoms with Crippen LogP contribution in [0.1, 0.15) is 15.9 Å². The number of benzene rings is 2. The topological polar surface area (TPSA) is 35.5 Å². The fraction of sp³-hybridized carbons (Fsp3) is 0.133. The fourth-order valence-electron chi connectivity index (χ4n) is 1.87. The fourth-order valence-corrected chi connectivity index (χ4v) is 2.72. The van der Waals surface area contributed by atoms with Crippen molar-refractivity contribution < 1.29 is 18.7 Å². The van der Waals surface area contributed by atoms with Gasteiger partial charge in [-0.05, 0) is 40.2 Å². The highest BCUT2D eigenvalue weighted by Gasteiger charge is 2.21. The number of carbonyl (C=O) groups is 1. The molecule has 0 amide bonds. The van der Waals surface area contributed by atoms with E-state index < -0.39 is 5.82 Å². The van der Waals surface area contributed by atoms with Gasteiger partial charge in [0.15, 0.2) is 5.78 Å². The van der Waals surface area contributed by atoms with Gasteiger partial charge in [0, 0.05) is 16.1 Å². The van der Waals surface area contributed by atoms with E-state index in [-0.39, 0.29) is 16.4 Å². The average molecular weight is 374 g/mol. The van der Waals surface area contributed by atoms with Gasteiger partial charge in [0.2, 0.25) is 0 Å². The van der Waals surface area contributed by atoms with Crippen molar-refractivity contribution in [3.63, 3.8) is 0 Å². The highest BCUT2D eigenvalue weighted by Crippen LogP contribution is 2.35. The third-order valence-corrected chi connectivity index (χ3v) is 3.82. The van der Waals surface area contributed by atoms with Gasteiger partial charge in [-0.3, -0.25) is 4.79 Å². The highest BCUT2D eigenvalue weighted by molar-refractivity contribution is 9.10. The third kappa shape index (κ3) is 3.19. The van der Waals surface area contributed by atoms with Crippen LogP contribution >= 0.6 is 27.5 Å². The van der Waals surface area contributed by atoms with E-state index in [1.165, 1.54) is 26.4 Å². The SMILES string of the molecule is COc1cc(Br)c(C(=O)c2ccc(F)cc2Cl)c(OC)c1. The summed E-state index contributed by atoms with van der Waals surface area (Å²) in [6.07, 6.45) is 0. The van der Waals surface area contributed by atoms with Gasteiger partial charge >= 0.3 is 0 Å². The molecular formula is C15H11BrClFO3. The first kappa shape index (κ1) is 15.8. The number of halogens is 3. The van der Waals surface area contributed by atoms with E-state index in [1.54, 1.807) is 12.1 Å². The zero-order valence-corrected chi connectivity index (χ0v) is 13.6. The number of carbonyl (C=O) groups excluding carboxylic acids is 1. The molecule has 110 valence electrons. The molecule has 0 unspecified atom stereocenters. The zero-order valence-electron chi connectivity index (χ0n) is 11.2. The quantitative estimate of drug-likeness (QED) is 0.741. The van der Waals surface area contributed by atoms with Crippen LogP contribution < -0.4 is 9.47 Å². The Kier molecular flexibility index (Phi) is 4.85. The van der Waals surface area contributed by atoms with Crippen LogP contribution in [0.2, 0.25) is 5.02 Å². The summed E-state index contributed by atoms with van der Waals surface area (Å²) in [5.74, 6) is 0.00999. The summed E-state index contributed by atoms with van der Waals surface area (Å²) in [5, 5.41) is 0.0461. The molecule has 0 aromatic heterocycles. The van der Waals surface area contributed by atoms with Crippen LogP contribution in [-0.2, 0) is 0 Å². The summed E-state index contributed by atoms with van der Waals surface area (Å²) in [5.41, 5.74) is 0.494. The van der Waals surface area contributed by atoms with Crippen LogP contribution in [-0.4, -0.2) is 20.0 Å². The summed E-state index contributed by atoms with van der Waals surface area (Å²) in [4.78, 5) is 12.6. The number of ketones is 1. The van der Waals surface area contributed by atoms with Crippen molar-refractivity contribution in [2.45, 2.75) is 0 Å². The lowest BCUT2D eigenvalue weighted by Crippen LogP contribution is -2.06. The summed E-state index contributed by atoms with van der Waals surface area (Å²) in [6.45, 7) is 0. The van der Waals surface area contributed by atoms with Gasteiger partial charge in [-0.1, -0.05) is 11.6 Å². The predicted octanol–water partition coefficient (Wildman–Crippen LogP) is 4.49. The summed E-state index contributed by atoms with van der Waals surface area (Å²) >= 11 is 9.26. The monoisotopic (exact) mass is 372 g/mol. The highest BCUT2D eigenvalue weighted by atomic mass is 79.9. The Morgan fingerprint density at radius 2 is 1.90 bits per heavy atom. The van der Waals surface area contributed by atoms with Crippen molar-refractivity contribution in [3.05, 3.63) is 56.8 Å². The summed E-state index contributed by atoms with van der Waals surface area (Å²) in [6, 6.07) is 6.86. The minimum absolute atomic E-state index is 0.0461. The van der Waals surface area contributed by atoms with Crippen molar-refractivity contribution in [1.29, 1.82) is 0 Å². The van der Waals surface area contributed by atoms with Crippen molar-refractivity contribution in [2.24, 2.45) is 0 Å². The van der Waals surface area contributed by atoms with E-state index in [4.69, 9.17) is 21.1 Å². The molecule has 0 spiro atoms. The van der Waals surface area contributed by atoms with Gasteiger partial charge in [0.1, 0.15) is 17.3 Å². The summed E-state index contributed by atoms with van der Waals surface area (Å²) in [7, 11) is 2.96. The maximum atomic E-state index is 13.1. The third-order valence-electron chi connectivity index (χ3n) is 2.89. The second-order valence-corrected chi connectivity index (χ2v) is 5.40. The first-order valence-electron chi connectivity index (χ1n) is 5.89. The van der Waals surface area contributed by atoms with Crippen molar-refractivity contribution in [2.75, 3.05) is 14.2 Å². The first-order valence-corrected chi connectivity index (χ1v) is 7.06.